The van der Waals surface area contributed by atoms with Gasteiger partial charge in [0.05, 0.1) is 18.0 Å². The van der Waals surface area contributed by atoms with Gasteiger partial charge in [-0.2, -0.15) is 4.31 Å². The molecule has 0 aliphatic carbocycles. The number of hydrogen-bond acceptors (Lipinski definition) is 3. The predicted molar refractivity (Wildman–Crippen MR) is 79.6 cm³/mol. The van der Waals surface area contributed by atoms with Crippen molar-refractivity contribution in [2.45, 2.75) is 18.7 Å². The molecule has 108 valence electrons. The Bertz CT molecular complexity index is 607. The summed E-state index contributed by atoms with van der Waals surface area (Å²) in [7, 11) is -3.57. The molecule has 0 fully saturated rings. The van der Waals surface area contributed by atoms with Gasteiger partial charge in [0.1, 0.15) is 0 Å². The van der Waals surface area contributed by atoms with Gasteiger partial charge in [-0.3, -0.25) is 0 Å². The Labute approximate surface area is 120 Å². The van der Waals surface area contributed by atoms with E-state index in [9.17, 15) is 8.42 Å². The summed E-state index contributed by atoms with van der Waals surface area (Å²) in [6.45, 7) is 3.77. The highest BCUT2D eigenvalue weighted by molar-refractivity contribution is 7.89. The third-order valence-electron chi connectivity index (χ3n) is 2.67. The molecule has 0 saturated heterocycles. The van der Waals surface area contributed by atoms with Gasteiger partial charge in [0.2, 0.25) is 10.0 Å². The lowest BCUT2D eigenvalue weighted by Gasteiger charge is -2.18. The summed E-state index contributed by atoms with van der Waals surface area (Å²) in [5.41, 5.74) is 1.00. The highest BCUT2D eigenvalue weighted by Crippen LogP contribution is 2.16. The molecule has 20 heavy (non-hydrogen) atoms. The summed E-state index contributed by atoms with van der Waals surface area (Å²) in [4.78, 5) is 0.249. The molecule has 0 saturated carbocycles. The monoisotopic (exact) mass is 293 g/mol. The van der Waals surface area contributed by atoms with Crippen LogP contribution in [0.5, 0.6) is 0 Å². The molecule has 0 radical (unpaired) electrons. The lowest BCUT2D eigenvalue weighted by Crippen LogP contribution is -2.31. The molecule has 1 aromatic rings. The van der Waals surface area contributed by atoms with Crippen molar-refractivity contribution < 1.29 is 13.5 Å². The summed E-state index contributed by atoms with van der Waals surface area (Å²) >= 11 is 0. The van der Waals surface area contributed by atoms with Crippen molar-refractivity contribution >= 4 is 10.0 Å². The highest BCUT2D eigenvalue weighted by Gasteiger charge is 2.22. The molecule has 0 aromatic heterocycles. The molecule has 1 aromatic carbocycles. The summed E-state index contributed by atoms with van der Waals surface area (Å²) in [5, 5.41) is 8.72. The van der Waals surface area contributed by atoms with Crippen molar-refractivity contribution in [3.8, 4) is 11.8 Å². The fourth-order valence-electron chi connectivity index (χ4n) is 1.54. The van der Waals surface area contributed by atoms with Gasteiger partial charge in [-0.05, 0) is 26.0 Å². The number of hydrogen-bond donors (Lipinski definition) is 1. The van der Waals surface area contributed by atoms with Crippen molar-refractivity contribution in [2.24, 2.45) is 0 Å². The molecular formula is C15H19NO3S. The predicted octanol–water partition coefficient (Wildman–Crippen LogP) is 1.56. The molecule has 0 spiro atoms. The minimum absolute atomic E-state index is 0.113. The molecule has 1 N–H and O–H groups in total. The zero-order valence-corrected chi connectivity index (χ0v) is 12.5. The van der Waals surface area contributed by atoms with Crippen molar-refractivity contribution in [2.75, 3.05) is 19.7 Å². The van der Waals surface area contributed by atoms with Gasteiger partial charge in [0, 0.05) is 6.54 Å². The molecule has 5 heteroatoms. The second-order valence-corrected chi connectivity index (χ2v) is 6.13. The van der Waals surface area contributed by atoms with Crippen molar-refractivity contribution in [3.63, 3.8) is 0 Å². The van der Waals surface area contributed by atoms with Crippen LogP contribution in [0.2, 0.25) is 0 Å². The van der Waals surface area contributed by atoms with E-state index in [0.717, 1.165) is 5.56 Å². The van der Waals surface area contributed by atoms with Crippen LogP contribution in [0.1, 0.15) is 12.5 Å². The fraction of sp³-hybridized carbons (Fsp3) is 0.333. The number of aliphatic hydroxyl groups is 1. The highest BCUT2D eigenvalue weighted by atomic mass is 32.2. The van der Waals surface area contributed by atoms with Crippen LogP contribution < -0.4 is 0 Å². The summed E-state index contributed by atoms with van der Waals surface area (Å²) in [6, 6.07) is 6.71. The second-order valence-electron chi connectivity index (χ2n) is 4.19. The maximum absolute atomic E-state index is 12.5. The minimum atomic E-state index is -3.57. The van der Waals surface area contributed by atoms with Gasteiger partial charge in [-0.25, -0.2) is 8.42 Å². The topological polar surface area (TPSA) is 57.6 Å². The van der Waals surface area contributed by atoms with Gasteiger partial charge < -0.3 is 5.11 Å². The first kappa shape index (κ1) is 16.4. The minimum Gasteiger partial charge on any atom is -0.392 e. The third kappa shape index (κ3) is 4.49. The Hall–Kier alpha value is -1.61. The van der Waals surface area contributed by atoms with E-state index in [2.05, 4.69) is 11.8 Å². The summed E-state index contributed by atoms with van der Waals surface area (Å²) in [6.07, 6.45) is 3.13. The van der Waals surface area contributed by atoms with E-state index in [1.807, 2.05) is 6.92 Å². The van der Waals surface area contributed by atoms with Gasteiger partial charge in [-0.1, -0.05) is 35.8 Å². The number of aryl methyl sites for hydroxylation is 1. The molecule has 1 rings (SSSR count). The van der Waals surface area contributed by atoms with Gasteiger partial charge >= 0.3 is 0 Å². The molecule has 0 atom stereocenters. The van der Waals surface area contributed by atoms with Gasteiger partial charge in [0.15, 0.2) is 0 Å². The zero-order chi connectivity index (χ0) is 15.0. The molecule has 0 unspecified atom stereocenters. The zero-order valence-electron chi connectivity index (χ0n) is 11.7. The number of aliphatic hydroxyl groups excluding tert-OH is 1. The first-order chi connectivity index (χ1) is 9.52. The van der Waals surface area contributed by atoms with Gasteiger partial charge in [0.25, 0.3) is 0 Å². The average Bonchev–Trinajstić information content (AvgIpc) is 2.43. The van der Waals surface area contributed by atoms with E-state index in [-0.39, 0.29) is 24.6 Å². The molecule has 0 amide bonds. The average molecular weight is 293 g/mol. The Morgan fingerprint density at radius 1 is 1.25 bits per heavy atom. The van der Waals surface area contributed by atoms with Crippen LogP contribution in [0.25, 0.3) is 0 Å². The second kappa shape index (κ2) is 7.85. The van der Waals surface area contributed by atoms with E-state index in [1.165, 1.54) is 10.4 Å². The van der Waals surface area contributed by atoms with Crippen LogP contribution >= 0.6 is 0 Å². The molecule has 0 heterocycles. The Morgan fingerprint density at radius 2 is 1.90 bits per heavy atom. The Morgan fingerprint density at radius 3 is 2.45 bits per heavy atom. The van der Waals surface area contributed by atoms with E-state index in [0.29, 0.717) is 0 Å². The smallest absolute Gasteiger partial charge is 0.244 e. The van der Waals surface area contributed by atoms with Crippen LogP contribution in [0.4, 0.5) is 0 Å². The molecular weight excluding hydrogens is 274 g/mol. The number of rotatable bonds is 6. The van der Waals surface area contributed by atoms with Crippen LogP contribution in [0, 0.1) is 18.8 Å². The number of benzene rings is 1. The first-order valence-electron chi connectivity index (χ1n) is 6.24. The summed E-state index contributed by atoms with van der Waals surface area (Å²) in [5.74, 6) is 5.45. The van der Waals surface area contributed by atoms with Crippen LogP contribution in [-0.2, 0) is 10.0 Å². The maximum atomic E-state index is 12.5. The summed E-state index contributed by atoms with van der Waals surface area (Å²) < 4.78 is 26.3. The van der Waals surface area contributed by atoms with Crippen LogP contribution in [0.3, 0.4) is 0 Å². The van der Waals surface area contributed by atoms with Crippen LogP contribution in [0.15, 0.2) is 41.3 Å². The fourth-order valence-corrected chi connectivity index (χ4v) is 2.84. The molecule has 0 aliphatic heterocycles. The normalized spacial score (nSPS) is 11.6. The van der Waals surface area contributed by atoms with Gasteiger partial charge in [-0.15, -0.1) is 5.92 Å². The first-order valence-corrected chi connectivity index (χ1v) is 7.68. The maximum Gasteiger partial charge on any atom is 0.244 e. The molecule has 0 bridgehead atoms. The van der Waals surface area contributed by atoms with Crippen molar-refractivity contribution in [1.82, 2.24) is 4.31 Å². The van der Waals surface area contributed by atoms with E-state index < -0.39 is 10.0 Å². The number of nitrogens with zero attached hydrogens (tertiary/aromatic N) is 1. The van der Waals surface area contributed by atoms with E-state index >= 15 is 0 Å². The molecule has 4 nitrogen and oxygen atoms in total. The SMILES string of the molecule is CC#CCN(C/C=C/CO)S(=O)(=O)c1ccc(C)cc1. The standard InChI is InChI=1S/C15H19NO3S/c1-3-4-11-16(12-5-6-13-17)20(18,19)15-9-7-14(2)8-10-15/h5-10,17H,11-13H2,1-2H3/b6-5+. The Kier molecular flexibility index (Phi) is 6.46. The van der Waals surface area contributed by atoms with E-state index in [4.69, 9.17) is 5.11 Å². The lowest BCUT2D eigenvalue weighted by atomic mass is 10.2. The van der Waals surface area contributed by atoms with Crippen molar-refractivity contribution in [3.05, 3.63) is 42.0 Å². The van der Waals surface area contributed by atoms with Crippen molar-refractivity contribution in [1.29, 1.82) is 0 Å². The lowest BCUT2D eigenvalue weighted by molar-refractivity contribution is 0.342. The number of sulfonamides is 1. The third-order valence-corrected chi connectivity index (χ3v) is 4.50. The molecule has 0 aliphatic rings. The van der Waals surface area contributed by atoms with E-state index in [1.54, 1.807) is 37.3 Å². The quantitative estimate of drug-likeness (QED) is 0.639. The largest absolute Gasteiger partial charge is 0.392 e. The Balaban J connectivity index is 3.05. The van der Waals surface area contributed by atoms with Crippen LogP contribution in [-0.4, -0.2) is 37.5 Å².